The summed E-state index contributed by atoms with van der Waals surface area (Å²) in [6.45, 7) is 0.675. The molecule has 0 aliphatic rings. The van der Waals surface area contributed by atoms with E-state index in [4.69, 9.17) is 10.2 Å². The van der Waals surface area contributed by atoms with Crippen molar-refractivity contribution in [1.82, 2.24) is 10.3 Å². The lowest BCUT2D eigenvalue weighted by molar-refractivity contribution is 0.0964. The third kappa shape index (κ3) is 4.99. The second kappa shape index (κ2) is 9.49. The third-order valence-electron chi connectivity index (χ3n) is 4.63. The van der Waals surface area contributed by atoms with Crippen LogP contribution in [0.25, 0.3) is 22.4 Å². The number of hydrogen-bond donors (Lipinski definition) is 2. The molecule has 166 valence electrons. The Morgan fingerprint density at radius 2 is 1.97 bits per heavy atom. The summed E-state index contributed by atoms with van der Waals surface area (Å²) in [5.74, 6) is -0.372. The van der Waals surface area contributed by atoms with Gasteiger partial charge in [-0.3, -0.25) is 9.10 Å². The lowest BCUT2D eigenvalue weighted by Crippen LogP contribution is -2.32. The molecular formula is C20H22FIN4O4S. The maximum Gasteiger partial charge on any atom is 0.255 e. The van der Waals surface area contributed by atoms with Crippen molar-refractivity contribution in [3.05, 3.63) is 45.3 Å². The van der Waals surface area contributed by atoms with Crippen molar-refractivity contribution in [1.29, 1.82) is 0 Å². The second-order valence-electron chi connectivity index (χ2n) is 6.87. The molecule has 2 aromatic heterocycles. The van der Waals surface area contributed by atoms with E-state index in [9.17, 15) is 17.6 Å². The average Bonchev–Trinajstić information content (AvgIpc) is 3.08. The number of halogens is 2. The Kier molecular flexibility index (Phi) is 7.17. The highest BCUT2D eigenvalue weighted by atomic mass is 127. The molecule has 0 aliphatic carbocycles. The van der Waals surface area contributed by atoms with E-state index in [1.54, 1.807) is 6.07 Å². The van der Waals surface area contributed by atoms with Crippen LogP contribution in [0.4, 0.5) is 10.2 Å². The normalized spacial score (nSPS) is 11.6. The monoisotopic (exact) mass is 560 g/mol. The van der Waals surface area contributed by atoms with Gasteiger partial charge >= 0.3 is 0 Å². The van der Waals surface area contributed by atoms with Crippen LogP contribution in [-0.4, -0.2) is 45.7 Å². The van der Waals surface area contributed by atoms with Crippen LogP contribution in [0.3, 0.4) is 0 Å². The number of unbranched alkanes of at least 4 members (excludes halogenated alkanes) is 1. The number of pyridine rings is 1. The lowest BCUT2D eigenvalue weighted by Gasteiger charge is -2.22. The number of fused-ring (bicyclic) bond motifs is 1. The maximum atomic E-state index is 13.4. The number of carbonyl (C=O) groups excluding carboxylic acids is 1. The summed E-state index contributed by atoms with van der Waals surface area (Å²) >= 11 is 1.99. The van der Waals surface area contributed by atoms with Crippen molar-refractivity contribution >= 4 is 55.4 Å². The topological polar surface area (TPSA) is 119 Å². The van der Waals surface area contributed by atoms with E-state index in [-0.39, 0.29) is 29.4 Å². The van der Waals surface area contributed by atoms with Gasteiger partial charge in [0.1, 0.15) is 11.6 Å². The number of hydrogen-bond acceptors (Lipinski definition) is 6. The Bertz CT molecular complexity index is 1210. The average molecular weight is 560 g/mol. The molecule has 0 unspecified atom stereocenters. The van der Waals surface area contributed by atoms with Crippen LogP contribution < -0.4 is 15.4 Å². The van der Waals surface area contributed by atoms with Crippen molar-refractivity contribution in [3.63, 3.8) is 0 Å². The summed E-state index contributed by atoms with van der Waals surface area (Å²) in [5.41, 5.74) is 6.39. The Morgan fingerprint density at radius 1 is 1.29 bits per heavy atom. The van der Waals surface area contributed by atoms with Crippen molar-refractivity contribution < 1.29 is 22.0 Å². The number of anilines is 1. The molecule has 0 fully saturated rings. The van der Waals surface area contributed by atoms with Crippen LogP contribution in [-0.2, 0) is 10.0 Å². The summed E-state index contributed by atoms with van der Waals surface area (Å²) in [5, 5.41) is 3.01. The number of amides is 1. The van der Waals surface area contributed by atoms with Gasteiger partial charge in [0.05, 0.1) is 20.8 Å². The molecule has 0 atom stereocenters. The zero-order valence-electron chi connectivity index (χ0n) is 17.0. The van der Waals surface area contributed by atoms with Crippen molar-refractivity contribution in [2.24, 2.45) is 5.73 Å². The summed E-state index contributed by atoms with van der Waals surface area (Å²) < 4.78 is 45.9. The van der Waals surface area contributed by atoms with Gasteiger partial charge in [0.2, 0.25) is 15.7 Å². The van der Waals surface area contributed by atoms with Crippen LogP contribution in [0.5, 0.6) is 0 Å². The second-order valence-corrected chi connectivity index (χ2v) is 9.94. The molecule has 11 heteroatoms. The van der Waals surface area contributed by atoms with Gasteiger partial charge in [0, 0.05) is 19.2 Å². The highest BCUT2D eigenvalue weighted by molar-refractivity contribution is 14.1. The van der Waals surface area contributed by atoms with E-state index in [0.29, 0.717) is 33.9 Å². The smallest absolute Gasteiger partial charge is 0.255 e. The molecule has 31 heavy (non-hydrogen) atoms. The van der Waals surface area contributed by atoms with Crippen molar-refractivity contribution in [2.75, 3.05) is 30.7 Å². The number of nitrogens with two attached hydrogens (primary N) is 1. The first-order chi connectivity index (χ1) is 14.7. The molecule has 0 spiro atoms. The lowest BCUT2D eigenvalue weighted by atomic mass is 10.1. The number of nitrogens with zero attached hydrogens (tertiary/aromatic N) is 2. The van der Waals surface area contributed by atoms with Gasteiger partial charge in [-0.25, -0.2) is 12.8 Å². The number of carbonyl (C=O) groups is 1. The van der Waals surface area contributed by atoms with E-state index in [2.05, 4.69) is 10.3 Å². The van der Waals surface area contributed by atoms with Gasteiger partial charge in [-0.05, 0) is 72.3 Å². The van der Waals surface area contributed by atoms with E-state index < -0.39 is 21.7 Å². The molecular weight excluding hydrogens is 538 g/mol. The first kappa shape index (κ1) is 23.4. The van der Waals surface area contributed by atoms with Crippen LogP contribution in [0.15, 0.2) is 34.7 Å². The quantitative estimate of drug-likeness (QED) is 0.323. The predicted octanol–water partition coefficient (Wildman–Crippen LogP) is 3.10. The Morgan fingerprint density at radius 3 is 2.55 bits per heavy atom. The minimum Gasteiger partial charge on any atom is -0.437 e. The molecule has 0 saturated carbocycles. The Balaban J connectivity index is 2.21. The van der Waals surface area contributed by atoms with Crippen LogP contribution in [0.1, 0.15) is 23.2 Å². The van der Waals surface area contributed by atoms with Gasteiger partial charge in [-0.1, -0.05) is 0 Å². The number of benzene rings is 1. The highest BCUT2D eigenvalue weighted by Gasteiger charge is 2.27. The molecule has 1 aromatic carbocycles. The SMILES string of the molecule is CNC(=O)c1c(-c2ccc(F)cc2)oc2nc(N(CCCCN)S(C)(=O)=O)c(I)cc12. The summed E-state index contributed by atoms with van der Waals surface area (Å²) in [4.78, 5) is 17.1. The number of furan rings is 1. The maximum absolute atomic E-state index is 13.4. The van der Waals surface area contributed by atoms with E-state index >= 15 is 0 Å². The molecule has 3 N–H and O–H groups in total. The number of rotatable bonds is 8. The zero-order valence-corrected chi connectivity index (χ0v) is 20.0. The number of aromatic nitrogens is 1. The predicted molar refractivity (Wildman–Crippen MR) is 126 cm³/mol. The molecule has 0 aliphatic heterocycles. The highest BCUT2D eigenvalue weighted by Crippen LogP contribution is 2.36. The fraction of sp³-hybridized carbons (Fsp3) is 0.300. The minimum atomic E-state index is -3.61. The summed E-state index contributed by atoms with van der Waals surface area (Å²) in [6, 6.07) is 7.20. The van der Waals surface area contributed by atoms with E-state index in [0.717, 1.165) is 6.26 Å². The fourth-order valence-corrected chi connectivity index (χ4v) is 4.95. The number of sulfonamides is 1. The molecule has 0 bridgehead atoms. The van der Waals surface area contributed by atoms with Gasteiger partial charge in [0.25, 0.3) is 5.91 Å². The molecule has 2 heterocycles. The zero-order chi connectivity index (χ0) is 22.8. The molecule has 1 amide bonds. The standard InChI is InChI=1S/C20H22FIN4O4S/c1-24-19(27)16-14-11-15(22)18(26(31(2,28)29)10-4-3-9-23)25-20(14)30-17(16)12-5-7-13(21)8-6-12/h5-8,11H,3-4,9-10,23H2,1-2H3,(H,24,27). The largest absolute Gasteiger partial charge is 0.437 e. The molecule has 0 radical (unpaired) electrons. The number of nitrogens with one attached hydrogen (secondary N) is 1. The van der Waals surface area contributed by atoms with Gasteiger partial charge in [-0.15, -0.1) is 0 Å². The third-order valence-corrected chi connectivity index (χ3v) is 6.58. The molecule has 8 nitrogen and oxygen atoms in total. The summed E-state index contributed by atoms with van der Waals surface area (Å²) in [7, 11) is -2.12. The molecule has 3 aromatic rings. The molecule has 3 rings (SSSR count). The first-order valence-electron chi connectivity index (χ1n) is 9.46. The van der Waals surface area contributed by atoms with E-state index in [1.165, 1.54) is 35.6 Å². The Labute approximate surface area is 193 Å². The molecule has 0 saturated heterocycles. The van der Waals surface area contributed by atoms with Crippen LogP contribution in [0.2, 0.25) is 0 Å². The fourth-order valence-electron chi connectivity index (χ4n) is 3.15. The van der Waals surface area contributed by atoms with E-state index in [1.807, 2.05) is 22.6 Å². The van der Waals surface area contributed by atoms with Crippen molar-refractivity contribution in [3.8, 4) is 11.3 Å². The minimum absolute atomic E-state index is 0.112. The van der Waals surface area contributed by atoms with Gasteiger partial charge in [-0.2, -0.15) is 4.98 Å². The van der Waals surface area contributed by atoms with Crippen molar-refractivity contribution in [2.45, 2.75) is 12.8 Å². The van der Waals surface area contributed by atoms with Gasteiger partial charge < -0.3 is 15.5 Å². The van der Waals surface area contributed by atoms with Crippen LogP contribution in [0, 0.1) is 9.39 Å². The van der Waals surface area contributed by atoms with Gasteiger partial charge in [0.15, 0.2) is 5.82 Å². The Hall–Kier alpha value is -2.25. The summed E-state index contributed by atoms with van der Waals surface area (Å²) in [6.07, 6.45) is 2.35. The van der Waals surface area contributed by atoms with Crippen LogP contribution >= 0.6 is 22.6 Å². The first-order valence-corrected chi connectivity index (χ1v) is 12.4.